The lowest BCUT2D eigenvalue weighted by molar-refractivity contribution is 0.577. The van der Waals surface area contributed by atoms with E-state index in [1.165, 1.54) is 0 Å². The van der Waals surface area contributed by atoms with Crippen molar-refractivity contribution in [2.45, 2.75) is 19.4 Å². The van der Waals surface area contributed by atoms with E-state index >= 15 is 0 Å². The van der Waals surface area contributed by atoms with Crippen LogP contribution >= 0.6 is 22.7 Å². The molecule has 0 aliphatic carbocycles. The van der Waals surface area contributed by atoms with Crippen LogP contribution < -0.4 is 5.32 Å². The molecule has 0 bridgehead atoms. The first-order chi connectivity index (χ1) is 7.29. The summed E-state index contributed by atoms with van der Waals surface area (Å²) in [5.74, 6) is 0. The summed E-state index contributed by atoms with van der Waals surface area (Å²) < 4.78 is 0. The van der Waals surface area contributed by atoms with Crippen LogP contribution in [0.2, 0.25) is 0 Å². The molecule has 0 radical (unpaired) electrons. The van der Waals surface area contributed by atoms with Gasteiger partial charge in [-0.25, -0.2) is 9.97 Å². The summed E-state index contributed by atoms with van der Waals surface area (Å²) in [5.41, 5.74) is 1.12. The molecule has 3 nitrogen and oxygen atoms in total. The first kappa shape index (κ1) is 10.7. The van der Waals surface area contributed by atoms with Crippen molar-refractivity contribution < 1.29 is 0 Å². The van der Waals surface area contributed by atoms with Crippen LogP contribution in [0, 0.1) is 6.92 Å². The number of nitrogens with zero attached hydrogens (tertiary/aromatic N) is 2. The summed E-state index contributed by atoms with van der Waals surface area (Å²) in [6, 6.07) is 0.279. The molecule has 1 unspecified atom stereocenters. The van der Waals surface area contributed by atoms with Crippen LogP contribution in [0.1, 0.15) is 21.8 Å². The number of likely N-dealkylation sites (N-methyl/N-ethyl adjacent to an activating group) is 1. The SMILES string of the molecule is CNC(Cc1nccs1)c1csc(C)n1. The van der Waals surface area contributed by atoms with Gasteiger partial charge in [0.05, 0.1) is 21.8 Å². The van der Waals surface area contributed by atoms with Crippen LogP contribution in [0.3, 0.4) is 0 Å². The van der Waals surface area contributed by atoms with Crippen molar-refractivity contribution in [3.05, 3.63) is 32.7 Å². The number of hydrogen-bond acceptors (Lipinski definition) is 5. The first-order valence-corrected chi connectivity index (χ1v) is 6.53. The predicted molar refractivity (Wildman–Crippen MR) is 64.5 cm³/mol. The van der Waals surface area contributed by atoms with Gasteiger partial charge in [-0.2, -0.15) is 0 Å². The third kappa shape index (κ3) is 2.62. The number of aromatic nitrogens is 2. The van der Waals surface area contributed by atoms with Crippen molar-refractivity contribution in [3.8, 4) is 0 Å². The Bertz CT molecular complexity index is 408. The topological polar surface area (TPSA) is 37.8 Å². The number of rotatable bonds is 4. The maximum atomic E-state index is 4.50. The summed E-state index contributed by atoms with van der Waals surface area (Å²) in [7, 11) is 1.97. The van der Waals surface area contributed by atoms with Gasteiger partial charge in [-0.3, -0.25) is 0 Å². The van der Waals surface area contributed by atoms with E-state index in [4.69, 9.17) is 0 Å². The smallest absolute Gasteiger partial charge is 0.0944 e. The van der Waals surface area contributed by atoms with E-state index in [0.29, 0.717) is 0 Å². The highest BCUT2D eigenvalue weighted by Crippen LogP contribution is 2.20. The van der Waals surface area contributed by atoms with E-state index in [-0.39, 0.29) is 6.04 Å². The fourth-order valence-corrected chi connectivity index (χ4v) is 2.75. The minimum atomic E-state index is 0.279. The molecule has 2 rings (SSSR count). The molecule has 15 heavy (non-hydrogen) atoms. The van der Waals surface area contributed by atoms with Crippen molar-refractivity contribution in [1.82, 2.24) is 15.3 Å². The van der Waals surface area contributed by atoms with Gasteiger partial charge in [-0.1, -0.05) is 0 Å². The number of hydrogen-bond donors (Lipinski definition) is 1. The lowest BCUT2D eigenvalue weighted by atomic mass is 10.1. The molecule has 0 aromatic carbocycles. The highest BCUT2D eigenvalue weighted by atomic mass is 32.1. The number of aryl methyl sites for hydroxylation is 1. The number of nitrogens with one attached hydrogen (secondary N) is 1. The molecule has 0 saturated heterocycles. The fraction of sp³-hybridized carbons (Fsp3) is 0.400. The summed E-state index contributed by atoms with van der Waals surface area (Å²) in [5, 5.41) is 9.67. The molecule has 80 valence electrons. The minimum absolute atomic E-state index is 0.279. The van der Waals surface area contributed by atoms with Crippen LogP contribution in [0.15, 0.2) is 17.0 Å². The summed E-state index contributed by atoms with van der Waals surface area (Å²) in [4.78, 5) is 8.79. The third-order valence-electron chi connectivity index (χ3n) is 2.20. The van der Waals surface area contributed by atoms with Crippen molar-refractivity contribution in [1.29, 1.82) is 0 Å². The molecular weight excluding hydrogens is 226 g/mol. The molecule has 5 heteroatoms. The highest BCUT2D eigenvalue weighted by molar-refractivity contribution is 7.09. The minimum Gasteiger partial charge on any atom is -0.311 e. The second-order valence-corrected chi connectivity index (χ2v) is 5.30. The molecule has 2 aromatic heterocycles. The molecule has 0 saturated carbocycles. The zero-order chi connectivity index (χ0) is 10.7. The second-order valence-electron chi connectivity index (χ2n) is 3.26. The Labute approximate surface area is 97.2 Å². The number of thiazole rings is 2. The van der Waals surface area contributed by atoms with E-state index < -0.39 is 0 Å². The molecule has 0 aliphatic heterocycles. The van der Waals surface area contributed by atoms with Gasteiger partial charge in [-0.15, -0.1) is 22.7 Å². The van der Waals surface area contributed by atoms with E-state index in [1.54, 1.807) is 22.7 Å². The molecule has 2 heterocycles. The molecule has 2 aromatic rings. The highest BCUT2D eigenvalue weighted by Gasteiger charge is 2.14. The maximum Gasteiger partial charge on any atom is 0.0944 e. The zero-order valence-corrected chi connectivity index (χ0v) is 10.4. The largest absolute Gasteiger partial charge is 0.311 e. The van der Waals surface area contributed by atoms with Crippen molar-refractivity contribution in [2.24, 2.45) is 0 Å². The molecule has 0 fully saturated rings. The van der Waals surface area contributed by atoms with E-state index in [0.717, 1.165) is 22.1 Å². The van der Waals surface area contributed by atoms with Gasteiger partial charge in [0.15, 0.2) is 0 Å². The zero-order valence-electron chi connectivity index (χ0n) is 8.73. The van der Waals surface area contributed by atoms with Gasteiger partial charge in [0.25, 0.3) is 0 Å². The normalized spacial score (nSPS) is 12.9. The van der Waals surface area contributed by atoms with Crippen molar-refractivity contribution in [2.75, 3.05) is 7.05 Å². The quantitative estimate of drug-likeness (QED) is 0.890. The molecule has 0 spiro atoms. The van der Waals surface area contributed by atoms with Gasteiger partial charge in [0, 0.05) is 23.4 Å². The van der Waals surface area contributed by atoms with E-state index in [2.05, 4.69) is 20.7 Å². The Balaban J connectivity index is 2.11. The Hall–Kier alpha value is -0.780. The average molecular weight is 239 g/mol. The Morgan fingerprint density at radius 1 is 1.47 bits per heavy atom. The predicted octanol–water partition coefficient (Wildman–Crippen LogP) is 2.41. The lowest BCUT2D eigenvalue weighted by Gasteiger charge is -2.11. The Morgan fingerprint density at radius 2 is 2.33 bits per heavy atom. The summed E-state index contributed by atoms with van der Waals surface area (Å²) in [6.07, 6.45) is 2.76. The van der Waals surface area contributed by atoms with Crippen LogP contribution in [0.25, 0.3) is 0 Å². The van der Waals surface area contributed by atoms with Crippen LogP contribution in [0.4, 0.5) is 0 Å². The summed E-state index contributed by atoms with van der Waals surface area (Å²) >= 11 is 3.39. The van der Waals surface area contributed by atoms with Gasteiger partial charge < -0.3 is 5.32 Å². The average Bonchev–Trinajstić information content (AvgIpc) is 2.85. The monoisotopic (exact) mass is 239 g/mol. The fourth-order valence-electron chi connectivity index (χ4n) is 1.42. The van der Waals surface area contributed by atoms with Crippen LogP contribution in [-0.2, 0) is 6.42 Å². The second kappa shape index (κ2) is 4.83. The van der Waals surface area contributed by atoms with Gasteiger partial charge in [-0.05, 0) is 14.0 Å². The summed E-state index contributed by atoms with van der Waals surface area (Å²) in [6.45, 7) is 2.03. The van der Waals surface area contributed by atoms with Gasteiger partial charge >= 0.3 is 0 Å². The first-order valence-electron chi connectivity index (χ1n) is 4.77. The van der Waals surface area contributed by atoms with Crippen molar-refractivity contribution >= 4 is 22.7 Å². The lowest BCUT2D eigenvalue weighted by Crippen LogP contribution is -2.19. The third-order valence-corrected chi connectivity index (χ3v) is 3.80. The molecule has 1 atom stereocenters. The van der Waals surface area contributed by atoms with E-state index in [1.807, 2.05) is 25.5 Å². The maximum absolute atomic E-state index is 4.50. The van der Waals surface area contributed by atoms with Crippen LogP contribution in [-0.4, -0.2) is 17.0 Å². The molecule has 0 aliphatic rings. The van der Waals surface area contributed by atoms with Crippen molar-refractivity contribution in [3.63, 3.8) is 0 Å². The van der Waals surface area contributed by atoms with Crippen LogP contribution in [0.5, 0.6) is 0 Å². The molecular formula is C10H13N3S2. The Morgan fingerprint density at radius 3 is 2.87 bits per heavy atom. The molecule has 0 amide bonds. The standard InChI is InChI=1S/C10H13N3S2/c1-7-13-9(6-15-7)8(11-2)5-10-12-3-4-14-10/h3-4,6,8,11H,5H2,1-2H3. The van der Waals surface area contributed by atoms with Gasteiger partial charge in [0.2, 0.25) is 0 Å². The Kier molecular flexibility index (Phi) is 3.45. The molecule has 1 N–H and O–H groups in total. The van der Waals surface area contributed by atoms with Gasteiger partial charge in [0.1, 0.15) is 0 Å². The van der Waals surface area contributed by atoms with E-state index in [9.17, 15) is 0 Å².